The number of fused-ring (bicyclic) bond motifs is 6. The molecule has 4 nitrogen and oxygen atoms in total. The van der Waals surface area contributed by atoms with Gasteiger partial charge in [-0.05, 0) is 63.8 Å². The quantitative estimate of drug-likeness (QED) is 0.128. The average molecular weight is 879 g/mol. The monoisotopic (exact) mass is 879 g/mol. The second kappa shape index (κ2) is 14.4. The van der Waals surface area contributed by atoms with Crippen LogP contribution in [-0.4, -0.2) is 18.0 Å². The molecule has 0 saturated carbocycles. The van der Waals surface area contributed by atoms with Crippen LogP contribution in [0, 0.1) is 23.8 Å². The Hall–Kier alpha value is -5.27. The van der Waals surface area contributed by atoms with Gasteiger partial charge >= 0.3 is 0 Å². The first-order valence-electron chi connectivity index (χ1n) is 16.7. The Morgan fingerprint density at radius 2 is 1.42 bits per heavy atom. The summed E-state index contributed by atoms with van der Waals surface area (Å²) in [6.07, 6.45) is 4.54. The molecule has 0 aliphatic heterocycles. The van der Waals surface area contributed by atoms with Crippen molar-refractivity contribution in [2.24, 2.45) is 0 Å². The number of benzene rings is 5. The molecule has 0 unspecified atom stereocenters. The molecule has 0 spiro atoms. The molecule has 0 amide bonds. The number of halogens is 2. The Kier molecular flexibility index (Phi) is 9.73. The van der Waals surface area contributed by atoms with Crippen molar-refractivity contribution in [3.05, 3.63) is 163 Å². The fourth-order valence-electron chi connectivity index (χ4n) is 6.37. The molecule has 4 aromatic heterocycles. The predicted molar refractivity (Wildman–Crippen MR) is 204 cm³/mol. The van der Waals surface area contributed by atoms with Crippen molar-refractivity contribution in [1.29, 1.82) is 0 Å². The topological polar surface area (TPSA) is 52.1 Å². The molecule has 0 fully saturated rings. The van der Waals surface area contributed by atoms with E-state index in [4.69, 9.17) is 8.83 Å². The maximum Gasteiger partial charge on any atom is 0.126 e. The fourth-order valence-corrected chi connectivity index (χ4v) is 7.40. The Morgan fingerprint density at radius 1 is 0.654 bits per heavy atom. The van der Waals surface area contributed by atoms with Crippen LogP contribution in [0.3, 0.4) is 0 Å². The fraction of sp³-hybridized carbons (Fsp3) is 0.0909. The van der Waals surface area contributed by atoms with E-state index in [-0.39, 0.29) is 31.7 Å². The first kappa shape index (κ1) is 35.1. The molecule has 5 aromatic carbocycles. The van der Waals surface area contributed by atoms with Gasteiger partial charge in [0.05, 0.1) is 19.2 Å². The molecular weight excluding hydrogens is 847 g/mol. The van der Waals surface area contributed by atoms with Crippen molar-refractivity contribution in [2.45, 2.75) is 26.1 Å². The minimum absolute atomic E-state index is 0. The minimum atomic E-state index is -1.38. The molecule has 259 valence electrons. The molecule has 9 aromatic rings. The van der Waals surface area contributed by atoms with Crippen LogP contribution >= 0.6 is 0 Å². The van der Waals surface area contributed by atoms with E-state index in [1.165, 1.54) is 28.9 Å². The molecule has 0 saturated heterocycles. The molecule has 0 aliphatic carbocycles. The van der Waals surface area contributed by atoms with Crippen molar-refractivity contribution in [3.8, 4) is 22.5 Å². The third-order valence-electron chi connectivity index (χ3n) is 9.02. The second-order valence-electron chi connectivity index (χ2n) is 13.5. The van der Waals surface area contributed by atoms with E-state index in [2.05, 4.69) is 59.9 Å². The number of hydrogen-bond donors (Lipinski definition) is 0. The molecule has 0 N–H and O–H groups in total. The Morgan fingerprint density at radius 3 is 2.21 bits per heavy atom. The van der Waals surface area contributed by atoms with E-state index in [0.717, 1.165) is 45.1 Å². The zero-order chi connectivity index (χ0) is 35.1. The number of nitrogens with zero attached hydrogens (tertiary/aromatic N) is 2. The van der Waals surface area contributed by atoms with Gasteiger partial charge in [0.1, 0.15) is 17.0 Å². The summed E-state index contributed by atoms with van der Waals surface area (Å²) in [5.74, 6) is -0.635. The molecule has 0 aliphatic rings. The van der Waals surface area contributed by atoms with E-state index >= 15 is 0 Å². The van der Waals surface area contributed by atoms with Crippen LogP contribution in [0.4, 0.5) is 8.78 Å². The molecule has 52 heavy (non-hydrogen) atoms. The van der Waals surface area contributed by atoms with E-state index in [1.54, 1.807) is 12.3 Å². The van der Waals surface area contributed by atoms with Gasteiger partial charge in [-0.3, -0.25) is 4.39 Å². The number of rotatable bonds is 5. The van der Waals surface area contributed by atoms with Gasteiger partial charge in [-0.2, -0.15) is 0 Å². The van der Waals surface area contributed by atoms with E-state index in [1.807, 2.05) is 79.0 Å². The third-order valence-corrected chi connectivity index (χ3v) is 11.0. The molecular formula is C44H32F2IrN2O2Si-2. The smallest absolute Gasteiger partial charge is 0.126 e. The first-order chi connectivity index (χ1) is 24.7. The average Bonchev–Trinajstić information content (AvgIpc) is 3.71. The number of pyridine rings is 2. The van der Waals surface area contributed by atoms with Gasteiger partial charge in [-0.15, -0.1) is 30.3 Å². The summed E-state index contributed by atoms with van der Waals surface area (Å²) in [7, 11) is -1.38. The van der Waals surface area contributed by atoms with Gasteiger partial charge in [0.25, 0.3) is 0 Å². The summed E-state index contributed by atoms with van der Waals surface area (Å²) in [4.78, 5) is 9.11. The summed E-state index contributed by atoms with van der Waals surface area (Å²) < 4.78 is 39.8. The molecule has 0 bridgehead atoms. The zero-order valence-electron chi connectivity index (χ0n) is 28.6. The zero-order valence-corrected chi connectivity index (χ0v) is 32.0. The van der Waals surface area contributed by atoms with Gasteiger partial charge in [0.15, 0.2) is 0 Å². The number of para-hydroxylation sites is 1. The van der Waals surface area contributed by atoms with E-state index in [0.29, 0.717) is 33.3 Å². The van der Waals surface area contributed by atoms with E-state index < -0.39 is 8.07 Å². The first-order valence-corrected chi connectivity index (χ1v) is 20.2. The van der Waals surface area contributed by atoms with Crippen molar-refractivity contribution < 1.29 is 37.7 Å². The third kappa shape index (κ3) is 6.85. The second-order valence-corrected chi connectivity index (χ2v) is 18.6. The summed E-state index contributed by atoms with van der Waals surface area (Å²) in [5.41, 5.74) is 7.79. The van der Waals surface area contributed by atoms with Crippen LogP contribution in [0.5, 0.6) is 0 Å². The Balaban J connectivity index is 0.000000160. The molecule has 9 rings (SSSR count). The van der Waals surface area contributed by atoms with E-state index in [9.17, 15) is 8.78 Å². The normalized spacial score (nSPS) is 11.5. The Labute approximate surface area is 314 Å². The molecule has 1 radical (unpaired) electrons. The van der Waals surface area contributed by atoms with Crippen molar-refractivity contribution in [2.75, 3.05) is 0 Å². The maximum atomic E-state index is 14.5. The van der Waals surface area contributed by atoms with Crippen LogP contribution in [-0.2, 0) is 26.5 Å². The largest absolute Gasteiger partial charge is 0.500 e. The van der Waals surface area contributed by atoms with Crippen LogP contribution in [0.15, 0.2) is 136 Å². The molecule has 4 heterocycles. The van der Waals surface area contributed by atoms with Gasteiger partial charge in [0.2, 0.25) is 0 Å². The van der Waals surface area contributed by atoms with Gasteiger partial charge in [-0.25, -0.2) is 4.39 Å². The SMILES string of the molecule is C[Si](C)(C)c1ccc(-c2[c-]ccc3c2oc2cc(F)ccc23)nc1.Fc1c[c-]c(-c2cc(Cc3ccccc3)ccn2)c2oc3ccccc3c12.[Ir]. The van der Waals surface area contributed by atoms with Crippen molar-refractivity contribution in [3.63, 3.8) is 0 Å². The molecule has 0 atom stereocenters. The predicted octanol–water partition coefficient (Wildman–Crippen LogP) is 11.3. The van der Waals surface area contributed by atoms with Gasteiger partial charge < -0.3 is 18.8 Å². The number of aromatic nitrogens is 2. The van der Waals surface area contributed by atoms with Crippen LogP contribution < -0.4 is 5.19 Å². The van der Waals surface area contributed by atoms with Crippen LogP contribution in [0.2, 0.25) is 19.6 Å². The van der Waals surface area contributed by atoms with Gasteiger partial charge in [-0.1, -0.05) is 103 Å². The minimum Gasteiger partial charge on any atom is -0.500 e. The summed E-state index contributed by atoms with van der Waals surface area (Å²) in [6.45, 7) is 6.89. The van der Waals surface area contributed by atoms with Crippen LogP contribution in [0.25, 0.3) is 66.4 Å². The number of furan rings is 2. The van der Waals surface area contributed by atoms with Crippen LogP contribution in [0.1, 0.15) is 11.1 Å². The maximum absolute atomic E-state index is 14.5. The van der Waals surface area contributed by atoms with Gasteiger partial charge in [0, 0.05) is 55.2 Å². The summed E-state index contributed by atoms with van der Waals surface area (Å²) in [5, 5.41) is 4.41. The summed E-state index contributed by atoms with van der Waals surface area (Å²) in [6, 6.07) is 42.0. The number of hydrogen-bond acceptors (Lipinski definition) is 4. The Bertz CT molecular complexity index is 2680. The molecule has 8 heteroatoms. The summed E-state index contributed by atoms with van der Waals surface area (Å²) >= 11 is 0. The van der Waals surface area contributed by atoms with Crippen molar-refractivity contribution >= 4 is 57.1 Å². The standard InChI is InChI=1S/C24H15FNO.C20H17FNOSi.Ir/c25-20-11-10-18(24-23(20)19-8-4-5-9-22(19)27-24)21-15-17(12-13-26-21)14-16-6-2-1-3-7-16;1-24(2,3)14-8-10-18(22-12-14)17-6-4-5-16-15-9-7-13(21)11-19(15)23-20(16)17;/h1-9,11-13,15H,14H2;4-5,7-12H,1-3H3;/q2*-1;. The van der Waals surface area contributed by atoms with Crippen molar-refractivity contribution in [1.82, 2.24) is 9.97 Å².